The molecule has 0 saturated heterocycles. The van der Waals surface area contributed by atoms with Crippen LogP contribution in [0, 0.1) is 5.41 Å². The van der Waals surface area contributed by atoms with Crippen molar-refractivity contribution in [1.29, 1.82) is 0 Å². The highest BCUT2D eigenvalue weighted by molar-refractivity contribution is 7.90. The van der Waals surface area contributed by atoms with Crippen LogP contribution >= 0.6 is 0 Å². The molecule has 0 radical (unpaired) electrons. The average Bonchev–Trinajstić information content (AvgIpc) is 2.09. The second-order valence-corrected chi connectivity index (χ2v) is 9.40. The van der Waals surface area contributed by atoms with Gasteiger partial charge in [0, 0.05) is 19.6 Å². The lowest BCUT2D eigenvalue weighted by Crippen LogP contribution is -2.50. The van der Waals surface area contributed by atoms with Gasteiger partial charge in [-0.25, -0.2) is 12.7 Å². The number of hydrogen-bond acceptors (Lipinski definition) is 3. The van der Waals surface area contributed by atoms with Crippen LogP contribution in [-0.2, 0) is 10.0 Å². The highest BCUT2D eigenvalue weighted by Crippen LogP contribution is 2.23. The van der Waals surface area contributed by atoms with Crippen LogP contribution in [0.25, 0.3) is 0 Å². The number of nitrogens with zero attached hydrogens (tertiary/aromatic N) is 1. The van der Waals surface area contributed by atoms with Gasteiger partial charge in [0.05, 0.1) is 4.75 Å². The molecule has 0 aliphatic rings. The summed E-state index contributed by atoms with van der Waals surface area (Å²) in [6, 6.07) is 0.129. The zero-order chi connectivity index (χ0) is 14.1. The summed E-state index contributed by atoms with van der Waals surface area (Å²) in [6.45, 7) is 12.0. The van der Waals surface area contributed by atoms with E-state index in [1.54, 1.807) is 27.8 Å². The Morgan fingerprint density at radius 3 is 1.76 bits per heavy atom. The molecule has 17 heavy (non-hydrogen) atoms. The van der Waals surface area contributed by atoms with Crippen LogP contribution in [-0.4, -0.2) is 44.2 Å². The molecular formula is C12H28N2O2S. The van der Waals surface area contributed by atoms with Gasteiger partial charge in [-0.15, -0.1) is 0 Å². The Morgan fingerprint density at radius 1 is 1.12 bits per heavy atom. The largest absolute Gasteiger partial charge is 0.315 e. The van der Waals surface area contributed by atoms with Crippen molar-refractivity contribution < 1.29 is 8.42 Å². The zero-order valence-corrected chi connectivity index (χ0v) is 13.3. The van der Waals surface area contributed by atoms with Crippen molar-refractivity contribution >= 4 is 10.0 Å². The number of likely N-dealkylation sites (N-methyl/N-ethyl adjacent to an activating group) is 2. The van der Waals surface area contributed by atoms with Gasteiger partial charge in [-0.1, -0.05) is 20.8 Å². The standard InChI is InChI=1S/C12H28N2O2S/c1-11(2,3)10(13-7)9-14(8)17(15,16)12(4,5)6/h10,13H,9H2,1-8H3/t10-/m1/s1. The van der Waals surface area contributed by atoms with Crippen LogP contribution < -0.4 is 5.32 Å². The Morgan fingerprint density at radius 2 is 1.53 bits per heavy atom. The Hall–Kier alpha value is -0.130. The predicted octanol–water partition coefficient (Wildman–Crippen LogP) is 1.68. The molecule has 0 aromatic rings. The minimum absolute atomic E-state index is 0.0242. The second kappa shape index (κ2) is 5.24. The predicted molar refractivity (Wildman–Crippen MR) is 73.6 cm³/mol. The van der Waals surface area contributed by atoms with Gasteiger partial charge in [0.25, 0.3) is 0 Å². The topological polar surface area (TPSA) is 49.4 Å². The number of nitrogens with one attached hydrogen (secondary N) is 1. The summed E-state index contributed by atoms with van der Waals surface area (Å²) in [5.41, 5.74) is 0.0242. The van der Waals surface area contributed by atoms with Crippen LogP contribution in [0.1, 0.15) is 41.5 Å². The minimum Gasteiger partial charge on any atom is -0.315 e. The molecule has 0 aromatic carbocycles. The molecule has 0 fully saturated rings. The van der Waals surface area contributed by atoms with E-state index in [2.05, 4.69) is 26.1 Å². The average molecular weight is 264 g/mol. The van der Waals surface area contributed by atoms with Gasteiger partial charge >= 0.3 is 0 Å². The third-order valence-corrected chi connectivity index (χ3v) is 5.54. The first-order chi connectivity index (χ1) is 7.34. The van der Waals surface area contributed by atoms with E-state index in [0.29, 0.717) is 6.54 Å². The van der Waals surface area contributed by atoms with E-state index in [1.807, 2.05) is 7.05 Å². The van der Waals surface area contributed by atoms with E-state index in [4.69, 9.17) is 0 Å². The van der Waals surface area contributed by atoms with Gasteiger partial charge in [-0.2, -0.15) is 0 Å². The molecule has 0 heterocycles. The summed E-state index contributed by atoms with van der Waals surface area (Å²) < 4.78 is 25.2. The number of hydrogen-bond donors (Lipinski definition) is 1. The summed E-state index contributed by atoms with van der Waals surface area (Å²) in [5.74, 6) is 0. The van der Waals surface area contributed by atoms with Crippen molar-refractivity contribution in [2.75, 3.05) is 20.6 Å². The van der Waals surface area contributed by atoms with Gasteiger partial charge < -0.3 is 5.32 Å². The van der Waals surface area contributed by atoms with Crippen molar-refractivity contribution in [1.82, 2.24) is 9.62 Å². The Kier molecular flexibility index (Phi) is 5.20. The monoisotopic (exact) mass is 264 g/mol. The molecule has 0 rings (SSSR count). The number of rotatable bonds is 4. The zero-order valence-electron chi connectivity index (χ0n) is 12.5. The molecule has 0 amide bonds. The lowest BCUT2D eigenvalue weighted by atomic mass is 9.87. The lowest BCUT2D eigenvalue weighted by Gasteiger charge is -2.35. The SMILES string of the molecule is CN[C@H](CN(C)S(=O)(=O)C(C)(C)C)C(C)(C)C. The van der Waals surface area contributed by atoms with Gasteiger partial charge in [-0.05, 0) is 33.2 Å². The summed E-state index contributed by atoms with van der Waals surface area (Å²) in [5, 5.41) is 3.19. The maximum absolute atomic E-state index is 12.2. The first-order valence-corrected chi connectivity index (χ1v) is 7.41. The highest BCUT2D eigenvalue weighted by Gasteiger charge is 2.35. The van der Waals surface area contributed by atoms with Gasteiger partial charge in [-0.3, -0.25) is 0 Å². The highest BCUT2D eigenvalue weighted by atomic mass is 32.2. The molecule has 0 saturated carbocycles. The van der Waals surface area contributed by atoms with Crippen LogP contribution in [0.4, 0.5) is 0 Å². The first kappa shape index (κ1) is 16.9. The quantitative estimate of drug-likeness (QED) is 0.840. The minimum atomic E-state index is -3.25. The molecule has 0 unspecified atom stereocenters. The summed E-state index contributed by atoms with van der Waals surface area (Å²) >= 11 is 0. The maximum Gasteiger partial charge on any atom is 0.218 e. The van der Waals surface area contributed by atoms with Crippen molar-refractivity contribution in [3.63, 3.8) is 0 Å². The van der Waals surface area contributed by atoms with Crippen LogP contribution in [0.3, 0.4) is 0 Å². The van der Waals surface area contributed by atoms with Gasteiger partial charge in [0.15, 0.2) is 0 Å². The summed E-state index contributed by atoms with van der Waals surface area (Å²) in [7, 11) is 0.269. The van der Waals surface area contributed by atoms with Crippen LogP contribution in [0.5, 0.6) is 0 Å². The molecule has 104 valence electrons. The smallest absolute Gasteiger partial charge is 0.218 e. The second-order valence-electron chi connectivity index (χ2n) is 6.61. The van der Waals surface area contributed by atoms with E-state index < -0.39 is 14.8 Å². The van der Waals surface area contributed by atoms with E-state index in [0.717, 1.165) is 0 Å². The summed E-state index contributed by atoms with van der Waals surface area (Å²) in [4.78, 5) is 0. The van der Waals surface area contributed by atoms with E-state index >= 15 is 0 Å². The third kappa shape index (κ3) is 4.23. The van der Waals surface area contributed by atoms with Crippen molar-refractivity contribution in [2.24, 2.45) is 5.41 Å². The fourth-order valence-electron chi connectivity index (χ4n) is 1.62. The van der Waals surface area contributed by atoms with Gasteiger partial charge in [0.2, 0.25) is 10.0 Å². The molecule has 1 atom stereocenters. The lowest BCUT2D eigenvalue weighted by molar-refractivity contribution is 0.244. The number of sulfonamides is 1. The maximum atomic E-state index is 12.2. The molecule has 0 aliphatic heterocycles. The molecule has 0 aromatic heterocycles. The molecule has 0 aliphatic carbocycles. The molecule has 5 heteroatoms. The van der Waals surface area contributed by atoms with Crippen molar-refractivity contribution in [3.8, 4) is 0 Å². The normalized spacial score (nSPS) is 16.3. The molecular weight excluding hydrogens is 236 g/mol. The third-order valence-electron chi connectivity index (χ3n) is 3.02. The van der Waals surface area contributed by atoms with E-state index in [-0.39, 0.29) is 11.5 Å². The molecule has 0 bridgehead atoms. The van der Waals surface area contributed by atoms with Gasteiger partial charge in [0.1, 0.15) is 0 Å². The molecule has 4 nitrogen and oxygen atoms in total. The first-order valence-electron chi connectivity index (χ1n) is 5.97. The summed E-state index contributed by atoms with van der Waals surface area (Å²) in [6.07, 6.45) is 0. The van der Waals surface area contributed by atoms with Crippen LogP contribution in [0.2, 0.25) is 0 Å². The van der Waals surface area contributed by atoms with Crippen molar-refractivity contribution in [3.05, 3.63) is 0 Å². The molecule has 0 spiro atoms. The Bertz CT molecular complexity index is 336. The van der Waals surface area contributed by atoms with E-state index in [9.17, 15) is 8.42 Å². The van der Waals surface area contributed by atoms with Crippen LogP contribution in [0.15, 0.2) is 0 Å². The Balaban J connectivity index is 4.94. The fraction of sp³-hybridized carbons (Fsp3) is 1.00. The fourth-order valence-corrected chi connectivity index (χ4v) is 2.90. The molecule has 1 N–H and O–H groups in total. The Labute approximate surface area is 107 Å². The van der Waals surface area contributed by atoms with E-state index in [1.165, 1.54) is 4.31 Å². The van der Waals surface area contributed by atoms with Crippen molar-refractivity contribution in [2.45, 2.75) is 52.3 Å².